The van der Waals surface area contributed by atoms with Crippen LogP contribution in [0.5, 0.6) is 0 Å². The maximum absolute atomic E-state index is 12.8. The highest BCUT2D eigenvalue weighted by Gasteiger charge is 2.33. The van der Waals surface area contributed by atoms with Gasteiger partial charge in [-0.15, -0.1) is 0 Å². The van der Waals surface area contributed by atoms with Crippen LogP contribution >= 0.6 is 23.2 Å². The molecule has 124 valence electrons. The van der Waals surface area contributed by atoms with Crippen molar-refractivity contribution < 1.29 is 17.4 Å². The molecule has 0 fully saturated rings. The summed E-state index contributed by atoms with van der Waals surface area (Å²) >= 11 is 12.2. The fourth-order valence-electron chi connectivity index (χ4n) is 2.21. The SMILES string of the molecule is Cc1nn(-c2c(Cl)cc(C(F)(F)F)cc2Cl)c(N)c1C(C)[S+]=O. The van der Waals surface area contributed by atoms with Crippen LogP contribution in [0.15, 0.2) is 12.1 Å². The number of hydrogen-bond donors (Lipinski definition) is 1. The van der Waals surface area contributed by atoms with Crippen LogP contribution in [0.1, 0.15) is 29.0 Å². The normalized spacial score (nSPS) is 13.2. The van der Waals surface area contributed by atoms with Crippen molar-refractivity contribution >= 4 is 40.7 Å². The number of aryl methyl sites for hydroxylation is 1. The summed E-state index contributed by atoms with van der Waals surface area (Å²) in [5.74, 6) is 0.113. The third kappa shape index (κ3) is 3.29. The van der Waals surface area contributed by atoms with Crippen LogP contribution in [0.2, 0.25) is 10.0 Å². The van der Waals surface area contributed by atoms with Gasteiger partial charge in [-0.3, -0.25) is 0 Å². The van der Waals surface area contributed by atoms with E-state index in [1.807, 2.05) is 0 Å². The van der Waals surface area contributed by atoms with Crippen LogP contribution in [0.3, 0.4) is 0 Å². The molecular formula is C13H11Cl2F3N3OS+. The highest BCUT2D eigenvalue weighted by molar-refractivity contribution is 7.65. The lowest BCUT2D eigenvalue weighted by Crippen LogP contribution is -2.09. The van der Waals surface area contributed by atoms with Gasteiger partial charge in [0.2, 0.25) is 0 Å². The van der Waals surface area contributed by atoms with Gasteiger partial charge in [-0.2, -0.15) is 18.3 Å². The number of aromatic nitrogens is 2. The molecule has 10 heteroatoms. The molecule has 0 spiro atoms. The number of nitrogens with zero attached hydrogens (tertiary/aromatic N) is 2. The minimum absolute atomic E-state index is 0.0382. The van der Waals surface area contributed by atoms with Crippen LogP contribution in [0, 0.1) is 6.92 Å². The van der Waals surface area contributed by atoms with Crippen molar-refractivity contribution in [3.63, 3.8) is 0 Å². The average molecular weight is 385 g/mol. The van der Waals surface area contributed by atoms with Crippen LogP contribution in [-0.4, -0.2) is 9.78 Å². The van der Waals surface area contributed by atoms with Gasteiger partial charge in [0.15, 0.2) is 0 Å². The van der Waals surface area contributed by atoms with Gasteiger partial charge in [0.1, 0.15) is 11.5 Å². The number of alkyl halides is 3. The summed E-state index contributed by atoms with van der Waals surface area (Å²) in [7, 11) is 0. The van der Waals surface area contributed by atoms with Gasteiger partial charge in [-0.1, -0.05) is 23.2 Å². The smallest absolute Gasteiger partial charge is 0.383 e. The molecule has 1 unspecified atom stereocenters. The van der Waals surface area contributed by atoms with Gasteiger partial charge in [0.05, 0.1) is 26.9 Å². The minimum Gasteiger partial charge on any atom is -0.383 e. The van der Waals surface area contributed by atoms with Crippen molar-refractivity contribution in [1.29, 1.82) is 0 Å². The molecule has 1 aromatic carbocycles. The number of nitrogen functional groups attached to an aromatic ring is 1. The maximum atomic E-state index is 12.8. The van der Waals surface area contributed by atoms with E-state index in [1.54, 1.807) is 13.8 Å². The Labute approximate surface area is 143 Å². The van der Waals surface area contributed by atoms with E-state index in [2.05, 4.69) is 5.10 Å². The second-order valence-corrected chi connectivity index (χ2v) is 6.53. The lowest BCUT2D eigenvalue weighted by Gasteiger charge is -2.13. The van der Waals surface area contributed by atoms with Crippen LogP contribution in [0.25, 0.3) is 5.69 Å². The minimum atomic E-state index is -4.57. The summed E-state index contributed by atoms with van der Waals surface area (Å²) in [6.07, 6.45) is -4.57. The second-order valence-electron chi connectivity index (χ2n) is 4.82. The molecule has 1 heterocycles. The monoisotopic (exact) mass is 384 g/mol. The van der Waals surface area contributed by atoms with Crippen molar-refractivity contribution in [2.24, 2.45) is 0 Å². The van der Waals surface area contributed by atoms with Crippen molar-refractivity contribution in [2.45, 2.75) is 25.3 Å². The summed E-state index contributed by atoms with van der Waals surface area (Å²) in [6.45, 7) is 3.29. The Morgan fingerprint density at radius 3 is 2.26 bits per heavy atom. The Hall–Kier alpha value is -1.38. The van der Waals surface area contributed by atoms with Gasteiger partial charge < -0.3 is 5.73 Å². The molecule has 4 nitrogen and oxygen atoms in total. The first-order chi connectivity index (χ1) is 10.6. The average Bonchev–Trinajstić information content (AvgIpc) is 2.71. The Kier molecular flexibility index (Phi) is 4.89. The highest BCUT2D eigenvalue weighted by atomic mass is 35.5. The zero-order valence-corrected chi connectivity index (χ0v) is 14.2. The number of anilines is 1. The summed E-state index contributed by atoms with van der Waals surface area (Å²) < 4.78 is 50.5. The Morgan fingerprint density at radius 1 is 1.30 bits per heavy atom. The number of halogens is 5. The highest BCUT2D eigenvalue weighted by Crippen LogP contribution is 2.39. The second kappa shape index (κ2) is 6.26. The fourth-order valence-corrected chi connectivity index (χ4v) is 3.24. The molecule has 2 aromatic rings. The van der Waals surface area contributed by atoms with E-state index < -0.39 is 17.0 Å². The van der Waals surface area contributed by atoms with Gasteiger partial charge in [0, 0.05) is 11.1 Å². The number of nitrogens with two attached hydrogens (primary N) is 1. The van der Waals surface area contributed by atoms with Gasteiger partial charge in [-0.25, -0.2) is 4.68 Å². The van der Waals surface area contributed by atoms with Crippen molar-refractivity contribution in [1.82, 2.24) is 9.78 Å². The van der Waals surface area contributed by atoms with E-state index in [-0.39, 0.29) is 21.6 Å². The third-order valence-corrected chi connectivity index (χ3v) is 4.35. The lowest BCUT2D eigenvalue weighted by atomic mass is 10.1. The first-order valence-corrected chi connectivity index (χ1v) is 7.84. The van der Waals surface area contributed by atoms with Crippen LogP contribution < -0.4 is 5.73 Å². The van der Waals surface area contributed by atoms with Crippen LogP contribution in [0.4, 0.5) is 19.0 Å². The van der Waals surface area contributed by atoms with Crippen molar-refractivity contribution in [3.05, 3.63) is 39.0 Å². The first kappa shape index (κ1) is 18.0. The largest absolute Gasteiger partial charge is 0.467 e. The zero-order chi connectivity index (χ0) is 17.5. The predicted molar refractivity (Wildman–Crippen MR) is 84.2 cm³/mol. The molecule has 2 rings (SSSR count). The van der Waals surface area contributed by atoms with Crippen LogP contribution in [-0.2, 0) is 22.1 Å². The van der Waals surface area contributed by atoms with E-state index in [0.717, 1.165) is 16.8 Å². The Morgan fingerprint density at radius 2 is 1.83 bits per heavy atom. The molecule has 0 saturated carbocycles. The third-order valence-electron chi connectivity index (χ3n) is 3.25. The quantitative estimate of drug-likeness (QED) is 0.787. The van der Waals surface area contributed by atoms with Gasteiger partial charge in [-0.05, 0) is 19.1 Å². The molecule has 1 atom stereocenters. The van der Waals surface area contributed by atoms with E-state index in [0.29, 0.717) is 22.9 Å². The lowest BCUT2D eigenvalue weighted by molar-refractivity contribution is -0.137. The standard InChI is InChI=1S/C13H11Cl2F3N3OS/c1-5-10(6(2)23-22)12(19)21(20-5)11-8(14)3-7(4-9(11)15)13(16,17)18/h3-4,6H,19H2,1-2H3/q+1. The molecule has 0 saturated heterocycles. The molecule has 0 aliphatic rings. The molecular weight excluding hydrogens is 374 g/mol. The van der Waals surface area contributed by atoms with Crippen molar-refractivity contribution in [2.75, 3.05) is 5.73 Å². The molecule has 0 amide bonds. The molecule has 0 bridgehead atoms. The van der Waals surface area contributed by atoms with Crippen molar-refractivity contribution in [3.8, 4) is 5.69 Å². The molecule has 0 aliphatic heterocycles. The summed E-state index contributed by atoms with van der Waals surface area (Å²) in [5.41, 5.74) is 6.03. The van der Waals surface area contributed by atoms with Gasteiger partial charge in [0.25, 0.3) is 5.25 Å². The summed E-state index contributed by atoms with van der Waals surface area (Å²) in [4.78, 5) is 0. The molecule has 23 heavy (non-hydrogen) atoms. The molecule has 0 aliphatic carbocycles. The molecule has 1 aromatic heterocycles. The maximum Gasteiger partial charge on any atom is 0.467 e. The topological polar surface area (TPSA) is 60.9 Å². The number of benzene rings is 1. The number of hydrogen-bond acceptors (Lipinski definition) is 3. The fraction of sp³-hybridized carbons (Fsp3) is 0.308. The Bertz CT molecular complexity index is 754. The zero-order valence-electron chi connectivity index (χ0n) is 11.9. The van der Waals surface area contributed by atoms with Gasteiger partial charge >= 0.3 is 17.8 Å². The first-order valence-electron chi connectivity index (χ1n) is 6.28. The molecule has 0 radical (unpaired) electrons. The predicted octanol–water partition coefficient (Wildman–Crippen LogP) is 4.58. The summed E-state index contributed by atoms with van der Waals surface area (Å²) in [6, 6.07) is 1.51. The Balaban J connectivity index is 2.67. The molecule has 2 N–H and O–H groups in total. The number of rotatable bonds is 3. The van der Waals surface area contributed by atoms with E-state index in [1.165, 1.54) is 0 Å². The van der Waals surface area contributed by atoms with E-state index in [9.17, 15) is 17.4 Å². The van der Waals surface area contributed by atoms with E-state index >= 15 is 0 Å². The van der Waals surface area contributed by atoms with E-state index in [4.69, 9.17) is 28.9 Å². The summed E-state index contributed by atoms with van der Waals surface area (Å²) in [5, 5.41) is 3.19.